The standard InChI is InChI=1S/C21H17FN2/c22-19-7-3-2-6-18(19)21-14-13-17(24-21)12-11-16-10-9-15-5-1-4-8-20(15)23-16/h1-10,14H,11-13H2. The third kappa shape index (κ3) is 2.98. The number of pyridine rings is 1. The van der Waals surface area contributed by atoms with Crippen LogP contribution in [0, 0.1) is 5.82 Å². The highest BCUT2D eigenvalue weighted by molar-refractivity contribution is 5.96. The van der Waals surface area contributed by atoms with Crippen molar-refractivity contribution in [1.29, 1.82) is 0 Å². The maximum atomic E-state index is 13.8. The van der Waals surface area contributed by atoms with Crippen LogP contribution in [0.25, 0.3) is 16.6 Å². The molecular formula is C21H17FN2. The predicted molar refractivity (Wildman–Crippen MR) is 96.5 cm³/mol. The highest BCUT2D eigenvalue weighted by Crippen LogP contribution is 2.25. The molecule has 0 saturated carbocycles. The average molecular weight is 316 g/mol. The van der Waals surface area contributed by atoms with Crippen LogP contribution >= 0.6 is 0 Å². The number of hydrogen-bond donors (Lipinski definition) is 0. The number of aromatic nitrogens is 1. The van der Waals surface area contributed by atoms with Gasteiger partial charge in [-0.25, -0.2) is 4.39 Å². The smallest absolute Gasteiger partial charge is 0.132 e. The first kappa shape index (κ1) is 14.8. The van der Waals surface area contributed by atoms with Gasteiger partial charge in [0.1, 0.15) is 5.82 Å². The first-order valence-corrected chi connectivity index (χ1v) is 8.16. The van der Waals surface area contributed by atoms with Crippen LogP contribution in [-0.4, -0.2) is 10.7 Å². The van der Waals surface area contributed by atoms with Gasteiger partial charge in [-0.3, -0.25) is 9.98 Å². The fourth-order valence-electron chi connectivity index (χ4n) is 2.99. The third-order valence-corrected chi connectivity index (χ3v) is 4.29. The largest absolute Gasteiger partial charge is 0.257 e. The SMILES string of the molecule is Fc1ccccc1C1=CCC(CCc2ccc3ccccc3n2)=N1. The molecule has 0 spiro atoms. The minimum absolute atomic E-state index is 0.218. The number of aryl methyl sites for hydroxylation is 1. The second-order valence-corrected chi connectivity index (χ2v) is 5.95. The average Bonchev–Trinajstić information content (AvgIpc) is 3.09. The van der Waals surface area contributed by atoms with Crippen molar-refractivity contribution >= 4 is 22.3 Å². The van der Waals surface area contributed by atoms with Gasteiger partial charge in [0, 0.05) is 28.8 Å². The van der Waals surface area contributed by atoms with Crippen LogP contribution in [0.5, 0.6) is 0 Å². The van der Waals surface area contributed by atoms with E-state index in [-0.39, 0.29) is 5.82 Å². The molecule has 0 bridgehead atoms. The molecule has 0 fully saturated rings. The van der Waals surface area contributed by atoms with Crippen molar-refractivity contribution in [3.63, 3.8) is 0 Å². The Hall–Kier alpha value is -2.81. The Morgan fingerprint density at radius 2 is 1.71 bits per heavy atom. The second kappa shape index (κ2) is 6.36. The van der Waals surface area contributed by atoms with E-state index in [1.807, 2.05) is 30.3 Å². The van der Waals surface area contributed by atoms with Gasteiger partial charge in [-0.2, -0.15) is 0 Å². The zero-order valence-electron chi connectivity index (χ0n) is 13.2. The highest BCUT2D eigenvalue weighted by atomic mass is 19.1. The molecule has 2 heterocycles. The normalized spacial score (nSPS) is 13.9. The van der Waals surface area contributed by atoms with Gasteiger partial charge in [0.05, 0.1) is 11.2 Å². The number of hydrogen-bond acceptors (Lipinski definition) is 2. The molecule has 24 heavy (non-hydrogen) atoms. The monoisotopic (exact) mass is 316 g/mol. The fraction of sp³-hybridized carbons (Fsp3) is 0.143. The summed E-state index contributed by atoms with van der Waals surface area (Å²) in [7, 11) is 0. The summed E-state index contributed by atoms with van der Waals surface area (Å²) in [4.78, 5) is 9.30. The quantitative estimate of drug-likeness (QED) is 0.650. The van der Waals surface area contributed by atoms with Gasteiger partial charge in [0.15, 0.2) is 0 Å². The van der Waals surface area contributed by atoms with E-state index in [9.17, 15) is 4.39 Å². The number of halogens is 1. The third-order valence-electron chi connectivity index (χ3n) is 4.29. The second-order valence-electron chi connectivity index (χ2n) is 5.95. The molecule has 4 rings (SSSR count). The zero-order chi connectivity index (χ0) is 16.4. The molecule has 0 atom stereocenters. The summed E-state index contributed by atoms with van der Waals surface area (Å²) < 4.78 is 13.8. The number of allylic oxidation sites excluding steroid dienone is 1. The van der Waals surface area contributed by atoms with Crippen LogP contribution in [0.2, 0.25) is 0 Å². The van der Waals surface area contributed by atoms with E-state index in [1.54, 1.807) is 12.1 Å². The molecule has 0 aliphatic carbocycles. The molecule has 1 aliphatic heterocycles. The summed E-state index contributed by atoms with van der Waals surface area (Å²) in [6.07, 6.45) is 4.49. The molecule has 1 aliphatic rings. The maximum absolute atomic E-state index is 13.8. The molecule has 3 heteroatoms. The van der Waals surface area contributed by atoms with Crippen molar-refractivity contribution in [2.24, 2.45) is 4.99 Å². The van der Waals surface area contributed by atoms with Gasteiger partial charge < -0.3 is 0 Å². The van der Waals surface area contributed by atoms with Gasteiger partial charge >= 0.3 is 0 Å². The number of aliphatic imine (C=N–C) groups is 1. The minimum atomic E-state index is -0.218. The Balaban J connectivity index is 1.46. The molecule has 2 nitrogen and oxygen atoms in total. The lowest BCUT2D eigenvalue weighted by Gasteiger charge is -2.04. The van der Waals surface area contributed by atoms with Crippen LogP contribution in [0.3, 0.4) is 0 Å². The molecule has 0 unspecified atom stereocenters. The minimum Gasteiger partial charge on any atom is -0.257 e. The lowest BCUT2D eigenvalue weighted by atomic mass is 10.1. The Kier molecular flexibility index (Phi) is 3.91. The number of nitrogens with zero attached hydrogens (tertiary/aromatic N) is 2. The molecule has 0 amide bonds. The van der Waals surface area contributed by atoms with E-state index in [4.69, 9.17) is 4.98 Å². The first-order chi connectivity index (χ1) is 11.8. The van der Waals surface area contributed by atoms with Crippen molar-refractivity contribution in [3.05, 3.63) is 83.8 Å². The van der Waals surface area contributed by atoms with E-state index in [0.29, 0.717) is 5.56 Å². The lowest BCUT2D eigenvalue weighted by molar-refractivity contribution is 0.624. The number of rotatable bonds is 4. The summed E-state index contributed by atoms with van der Waals surface area (Å²) in [6, 6.07) is 19.1. The van der Waals surface area contributed by atoms with Gasteiger partial charge in [0.25, 0.3) is 0 Å². The van der Waals surface area contributed by atoms with Crippen molar-refractivity contribution in [1.82, 2.24) is 4.98 Å². The Morgan fingerprint density at radius 3 is 2.62 bits per heavy atom. The van der Waals surface area contributed by atoms with Gasteiger partial charge in [-0.1, -0.05) is 42.5 Å². The summed E-state index contributed by atoms with van der Waals surface area (Å²) in [5, 5.41) is 1.16. The number of benzene rings is 2. The van der Waals surface area contributed by atoms with Crippen LogP contribution in [0.1, 0.15) is 24.1 Å². The highest BCUT2D eigenvalue weighted by Gasteiger charge is 2.13. The predicted octanol–water partition coefficient (Wildman–Crippen LogP) is 5.19. The summed E-state index contributed by atoms with van der Waals surface area (Å²) in [5.74, 6) is -0.218. The topological polar surface area (TPSA) is 25.2 Å². The van der Waals surface area contributed by atoms with Crippen molar-refractivity contribution in [2.75, 3.05) is 0 Å². The van der Waals surface area contributed by atoms with Crippen molar-refractivity contribution in [3.8, 4) is 0 Å². The van der Waals surface area contributed by atoms with Gasteiger partial charge in [-0.15, -0.1) is 0 Å². The van der Waals surface area contributed by atoms with Gasteiger partial charge in [-0.05, 0) is 37.1 Å². The molecular weight excluding hydrogens is 299 g/mol. The van der Waals surface area contributed by atoms with Crippen LogP contribution in [0.4, 0.5) is 4.39 Å². The maximum Gasteiger partial charge on any atom is 0.132 e. The van der Waals surface area contributed by atoms with Crippen molar-refractivity contribution < 1.29 is 4.39 Å². The van der Waals surface area contributed by atoms with E-state index in [1.165, 1.54) is 6.07 Å². The zero-order valence-corrected chi connectivity index (χ0v) is 13.2. The van der Waals surface area contributed by atoms with Gasteiger partial charge in [0.2, 0.25) is 0 Å². The number of fused-ring (bicyclic) bond motifs is 1. The Bertz CT molecular complexity index is 957. The van der Waals surface area contributed by atoms with E-state index in [0.717, 1.165) is 47.3 Å². The first-order valence-electron chi connectivity index (χ1n) is 8.16. The molecule has 0 radical (unpaired) electrons. The van der Waals surface area contributed by atoms with Crippen molar-refractivity contribution in [2.45, 2.75) is 19.3 Å². The van der Waals surface area contributed by atoms with E-state index >= 15 is 0 Å². The molecule has 1 aromatic heterocycles. The van der Waals surface area contributed by atoms with Crippen LogP contribution in [0.15, 0.2) is 71.7 Å². The number of para-hydroxylation sites is 1. The summed E-state index contributed by atoms with van der Waals surface area (Å²) >= 11 is 0. The van der Waals surface area contributed by atoms with E-state index < -0.39 is 0 Å². The molecule has 2 aromatic carbocycles. The summed E-state index contributed by atoms with van der Waals surface area (Å²) in [6.45, 7) is 0. The molecule has 118 valence electrons. The molecule has 3 aromatic rings. The lowest BCUT2D eigenvalue weighted by Crippen LogP contribution is -1.99. The Labute approximate surface area is 140 Å². The Morgan fingerprint density at radius 1 is 0.875 bits per heavy atom. The van der Waals surface area contributed by atoms with Crippen LogP contribution < -0.4 is 0 Å². The van der Waals surface area contributed by atoms with E-state index in [2.05, 4.69) is 23.2 Å². The molecule has 0 N–H and O–H groups in total. The molecule has 0 saturated heterocycles. The summed E-state index contributed by atoms with van der Waals surface area (Å²) in [5.41, 5.74) is 4.50. The fourth-order valence-corrected chi connectivity index (χ4v) is 2.99. The van der Waals surface area contributed by atoms with Crippen LogP contribution in [-0.2, 0) is 6.42 Å².